The van der Waals surface area contributed by atoms with Gasteiger partial charge >= 0.3 is 0 Å². The first-order valence-electron chi connectivity index (χ1n) is 9.52. The van der Waals surface area contributed by atoms with Crippen molar-refractivity contribution in [1.29, 1.82) is 0 Å². The number of nitrogens with one attached hydrogen (secondary N) is 1. The highest BCUT2D eigenvalue weighted by Gasteiger charge is 2.25. The highest BCUT2D eigenvalue weighted by Crippen LogP contribution is 2.30. The SMILES string of the molecule is NC(=O)C1CCCN(c2ccc(NC(=O)c3csc4c3CCCC4)cn2)C1. The minimum Gasteiger partial charge on any atom is -0.369 e. The third kappa shape index (κ3) is 3.83. The van der Waals surface area contributed by atoms with E-state index >= 15 is 0 Å². The Morgan fingerprint density at radius 2 is 2.07 bits per heavy atom. The average Bonchev–Trinajstić information content (AvgIpc) is 3.13. The number of aromatic nitrogens is 1. The highest BCUT2D eigenvalue weighted by molar-refractivity contribution is 7.10. The van der Waals surface area contributed by atoms with Gasteiger partial charge in [0.1, 0.15) is 5.82 Å². The molecule has 0 saturated carbocycles. The number of hydrogen-bond donors (Lipinski definition) is 2. The lowest BCUT2D eigenvalue weighted by Crippen LogP contribution is -2.41. The zero-order valence-electron chi connectivity index (χ0n) is 15.2. The van der Waals surface area contributed by atoms with Crippen molar-refractivity contribution in [3.05, 3.63) is 39.7 Å². The summed E-state index contributed by atoms with van der Waals surface area (Å²) in [6, 6.07) is 3.76. The summed E-state index contributed by atoms with van der Waals surface area (Å²) in [6.45, 7) is 1.47. The van der Waals surface area contributed by atoms with Crippen LogP contribution in [0, 0.1) is 5.92 Å². The van der Waals surface area contributed by atoms with E-state index in [9.17, 15) is 9.59 Å². The zero-order chi connectivity index (χ0) is 18.8. The highest BCUT2D eigenvalue weighted by atomic mass is 32.1. The van der Waals surface area contributed by atoms with Crippen LogP contribution in [0.2, 0.25) is 0 Å². The van der Waals surface area contributed by atoms with Crippen molar-refractivity contribution >= 4 is 34.7 Å². The first-order chi connectivity index (χ1) is 13.1. The fourth-order valence-corrected chi connectivity index (χ4v) is 5.07. The molecule has 0 aromatic carbocycles. The largest absolute Gasteiger partial charge is 0.369 e. The van der Waals surface area contributed by atoms with Crippen LogP contribution in [0.1, 0.15) is 46.5 Å². The molecule has 27 heavy (non-hydrogen) atoms. The molecule has 1 aliphatic heterocycles. The zero-order valence-corrected chi connectivity index (χ0v) is 16.1. The number of fused-ring (bicyclic) bond motifs is 1. The van der Waals surface area contributed by atoms with Gasteiger partial charge in [-0.3, -0.25) is 9.59 Å². The van der Waals surface area contributed by atoms with Crippen molar-refractivity contribution in [1.82, 2.24) is 4.98 Å². The number of hydrogen-bond acceptors (Lipinski definition) is 5. The Morgan fingerprint density at radius 1 is 1.22 bits per heavy atom. The monoisotopic (exact) mass is 384 g/mol. The average molecular weight is 385 g/mol. The Labute approximate surface area is 162 Å². The number of nitrogens with zero attached hydrogens (tertiary/aromatic N) is 2. The molecule has 0 spiro atoms. The lowest BCUT2D eigenvalue weighted by molar-refractivity contribution is -0.122. The van der Waals surface area contributed by atoms with Crippen molar-refractivity contribution in [3.63, 3.8) is 0 Å². The number of amides is 2. The third-order valence-corrected chi connectivity index (χ3v) is 6.55. The maximum Gasteiger partial charge on any atom is 0.256 e. The van der Waals surface area contributed by atoms with Gasteiger partial charge < -0.3 is 16.0 Å². The fourth-order valence-electron chi connectivity index (χ4n) is 3.95. The summed E-state index contributed by atoms with van der Waals surface area (Å²) in [4.78, 5) is 32.0. The second-order valence-corrected chi connectivity index (χ2v) is 8.27. The number of nitrogens with two attached hydrogens (primary N) is 1. The number of piperidine rings is 1. The molecule has 1 fully saturated rings. The number of carbonyl (C=O) groups is 2. The van der Waals surface area contributed by atoms with E-state index in [2.05, 4.69) is 15.2 Å². The van der Waals surface area contributed by atoms with E-state index < -0.39 is 0 Å². The maximum absolute atomic E-state index is 12.7. The van der Waals surface area contributed by atoms with Crippen molar-refractivity contribution in [2.75, 3.05) is 23.3 Å². The lowest BCUT2D eigenvalue weighted by Gasteiger charge is -2.32. The van der Waals surface area contributed by atoms with Crippen LogP contribution in [0.5, 0.6) is 0 Å². The Hall–Kier alpha value is -2.41. The van der Waals surface area contributed by atoms with Crippen molar-refractivity contribution in [2.45, 2.75) is 38.5 Å². The first kappa shape index (κ1) is 18.0. The van der Waals surface area contributed by atoms with E-state index in [1.807, 2.05) is 17.5 Å². The summed E-state index contributed by atoms with van der Waals surface area (Å²) in [6.07, 6.45) is 7.90. The summed E-state index contributed by atoms with van der Waals surface area (Å²) in [5, 5.41) is 4.94. The molecule has 0 bridgehead atoms. The number of aryl methyl sites for hydroxylation is 1. The Bertz CT molecular complexity index is 846. The summed E-state index contributed by atoms with van der Waals surface area (Å²) in [5.74, 6) is 0.384. The van der Waals surface area contributed by atoms with Crippen LogP contribution in [0.4, 0.5) is 11.5 Å². The molecule has 7 heteroatoms. The molecular formula is C20H24N4O2S. The molecule has 0 radical (unpaired) electrons. The molecule has 142 valence electrons. The molecule has 3 N–H and O–H groups in total. The van der Waals surface area contributed by atoms with Gasteiger partial charge in [0.15, 0.2) is 0 Å². The van der Waals surface area contributed by atoms with Crippen LogP contribution in [0.25, 0.3) is 0 Å². The molecule has 2 aromatic heterocycles. The second-order valence-electron chi connectivity index (χ2n) is 7.30. The molecular weight excluding hydrogens is 360 g/mol. The predicted octanol–water partition coefficient (Wildman–Crippen LogP) is 2.98. The summed E-state index contributed by atoms with van der Waals surface area (Å²) < 4.78 is 0. The van der Waals surface area contributed by atoms with Crippen LogP contribution >= 0.6 is 11.3 Å². The Kier molecular flexibility index (Phi) is 5.11. The minimum atomic E-state index is -0.248. The van der Waals surface area contributed by atoms with E-state index in [0.29, 0.717) is 12.2 Å². The number of anilines is 2. The summed E-state index contributed by atoms with van der Waals surface area (Å²) in [5.41, 5.74) is 8.16. The smallest absolute Gasteiger partial charge is 0.256 e. The Balaban J connectivity index is 1.43. The number of carbonyl (C=O) groups excluding carboxylic acids is 2. The van der Waals surface area contributed by atoms with Gasteiger partial charge in [0, 0.05) is 23.3 Å². The van der Waals surface area contributed by atoms with E-state index in [1.54, 1.807) is 17.5 Å². The second kappa shape index (κ2) is 7.68. The van der Waals surface area contributed by atoms with E-state index in [4.69, 9.17) is 5.73 Å². The van der Waals surface area contributed by atoms with Crippen molar-refractivity contribution < 1.29 is 9.59 Å². The molecule has 1 saturated heterocycles. The van der Waals surface area contributed by atoms with Crippen molar-refractivity contribution in [2.24, 2.45) is 11.7 Å². The molecule has 2 aliphatic rings. The van der Waals surface area contributed by atoms with Crippen molar-refractivity contribution in [3.8, 4) is 0 Å². The lowest BCUT2D eigenvalue weighted by atomic mass is 9.95. The van der Waals surface area contributed by atoms with Gasteiger partial charge in [-0.05, 0) is 56.2 Å². The molecule has 4 rings (SSSR count). The number of thiophene rings is 1. The quantitative estimate of drug-likeness (QED) is 0.848. The predicted molar refractivity (Wildman–Crippen MR) is 107 cm³/mol. The summed E-state index contributed by atoms with van der Waals surface area (Å²) in [7, 11) is 0. The van der Waals surface area contributed by atoms with Crippen LogP contribution in [0.15, 0.2) is 23.7 Å². The third-order valence-electron chi connectivity index (χ3n) is 5.46. The molecule has 3 heterocycles. The normalized spacial score (nSPS) is 19.4. The van der Waals surface area contributed by atoms with Crippen LogP contribution in [-0.4, -0.2) is 29.9 Å². The molecule has 1 unspecified atom stereocenters. The fraction of sp³-hybridized carbons (Fsp3) is 0.450. The number of rotatable bonds is 4. The van der Waals surface area contributed by atoms with Gasteiger partial charge in [0.05, 0.1) is 23.4 Å². The molecule has 6 nitrogen and oxygen atoms in total. The minimum absolute atomic E-state index is 0.0595. The standard InChI is InChI=1S/C20H24N4O2S/c21-19(25)13-4-3-9-24(11-13)18-8-7-14(10-22-18)23-20(26)16-12-27-17-6-2-1-5-15(16)17/h7-8,10,12-13H,1-6,9,11H2,(H2,21,25)(H,23,26). The topological polar surface area (TPSA) is 88.3 Å². The van der Waals surface area contributed by atoms with Crippen LogP contribution < -0.4 is 16.0 Å². The van der Waals surface area contributed by atoms with Crippen LogP contribution in [-0.2, 0) is 17.6 Å². The van der Waals surface area contributed by atoms with Crippen LogP contribution in [0.3, 0.4) is 0 Å². The first-order valence-corrected chi connectivity index (χ1v) is 10.4. The Morgan fingerprint density at radius 3 is 2.85 bits per heavy atom. The van der Waals surface area contributed by atoms with Gasteiger partial charge in [0.25, 0.3) is 5.91 Å². The number of primary amides is 1. The maximum atomic E-state index is 12.7. The van der Waals surface area contributed by atoms with E-state index in [0.717, 1.165) is 50.0 Å². The van der Waals surface area contributed by atoms with Gasteiger partial charge in [-0.1, -0.05) is 0 Å². The summed E-state index contributed by atoms with van der Waals surface area (Å²) >= 11 is 1.69. The van der Waals surface area contributed by atoms with E-state index in [-0.39, 0.29) is 17.7 Å². The van der Waals surface area contributed by atoms with Gasteiger partial charge in [-0.2, -0.15) is 0 Å². The number of pyridine rings is 1. The molecule has 1 aliphatic carbocycles. The van der Waals surface area contributed by atoms with Gasteiger partial charge in [0.2, 0.25) is 5.91 Å². The molecule has 1 atom stereocenters. The van der Waals surface area contributed by atoms with Gasteiger partial charge in [-0.15, -0.1) is 11.3 Å². The molecule has 2 aromatic rings. The van der Waals surface area contributed by atoms with E-state index in [1.165, 1.54) is 16.9 Å². The van der Waals surface area contributed by atoms with Gasteiger partial charge in [-0.25, -0.2) is 4.98 Å². The molecule has 2 amide bonds.